The molecule has 1 aromatic carbocycles. The molecule has 2 fully saturated rings. The summed E-state index contributed by atoms with van der Waals surface area (Å²) in [5.74, 6) is -0.587. The fourth-order valence-corrected chi connectivity index (χ4v) is 4.37. The minimum atomic E-state index is -0.703. The summed E-state index contributed by atoms with van der Waals surface area (Å²) in [6, 6.07) is 5.30. The third-order valence-corrected chi connectivity index (χ3v) is 6.34. The molecule has 9 nitrogen and oxygen atoms in total. The van der Waals surface area contributed by atoms with Crippen LogP contribution in [0.3, 0.4) is 0 Å². The molecule has 3 atom stereocenters. The van der Waals surface area contributed by atoms with Gasteiger partial charge in [-0.1, -0.05) is 0 Å². The van der Waals surface area contributed by atoms with Gasteiger partial charge in [0, 0.05) is 44.6 Å². The Labute approximate surface area is 190 Å². The van der Waals surface area contributed by atoms with Crippen molar-refractivity contribution in [3.05, 3.63) is 23.8 Å². The van der Waals surface area contributed by atoms with Crippen LogP contribution in [0.5, 0.6) is 0 Å². The third-order valence-electron chi connectivity index (χ3n) is 6.34. The zero-order valence-electron chi connectivity index (χ0n) is 19.7. The fraction of sp³-hybridized carbons (Fsp3) is 0.652. The molecule has 0 aromatic heterocycles. The van der Waals surface area contributed by atoms with E-state index in [9.17, 15) is 9.59 Å². The summed E-state index contributed by atoms with van der Waals surface area (Å²) in [6.45, 7) is 7.82. The maximum Gasteiger partial charge on any atom is 0.324 e. The molecule has 2 saturated heterocycles. The number of hydrazine groups is 1. The van der Waals surface area contributed by atoms with Crippen molar-refractivity contribution in [3.63, 3.8) is 0 Å². The number of ether oxygens (including phenoxy) is 2. The number of nitrogens with one attached hydrogen (secondary N) is 1. The van der Waals surface area contributed by atoms with Gasteiger partial charge in [-0.2, -0.15) is 0 Å². The molecule has 2 aliphatic rings. The zero-order chi connectivity index (χ0) is 23.3. The van der Waals surface area contributed by atoms with E-state index in [2.05, 4.69) is 54.3 Å². The van der Waals surface area contributed by atoms with Gasteiger partial charge in [0.2, 0.25) is 0 Å². The lowest BCUT2D eigenvalue weighted by Gasteiger charge is -2.37. The average molecular weight is 448 g/mol. The van der Waals surface area contributed by atoms with Gasteiger partial charge >= 0.3 is 5.97 Å². The smallest absolute Gasteiger partial charge is 0.324 e. The van der Waals surface area contributed by atoms with Gasteiger partial charge in [-0.25, -0.2) is 5.43 Å². The summed E-state index contributed by atoms with van der Waals surface area (Å²) < 4.78 is 10.7. The highest BCUT2D eigenvalue weighted by atomic mass is 16.5. The summed E-state index contributed by atoms with van der Waals surface area (Å²) in [6.07, 6.45) is 1.65. The Hall–Kier alpha value is -2.36. The molecule has 178 valence electrons. The van der Waals surface area contributed by atoms with Gasteiger partial charge in [-0.05, 0) is 56.9 Å². The van der Waals surface area contributed by atoms with E-state index in [-0.39, 0.29) is 18.0 Å². The molecule has 0 unspecified atom stereocenters. The number of rotatable bonds is 7. The van der Waals surface area contributed by atoms with Crippen LogP contribution in [-0.2, 0) is 19.1 Å². The van der Waals surface area contributed by atoms with Crippen LogP contribution in [0.4, 0.5) is 11.4 Å². The first kappa shape index (κ1) is 24.3. The Morgan fingerprint density at radius 2 is 2.16 bits per heavy atom. The molecule has 0 aliphatic carbocycles. The van der Waals surface area contributed by atoms with Gasteiger partial charge in [-0.15, -0.1) is 0 Å². The topological polar surface area (TPSA) is 100 Å². The van der Waals surface area contributed by atoms with Crippen LogP contribution < -0.4 is 21.0 Å². The average Bonchev–Trinajstić information content (AvgIpc) is 2.82. The van der Waals surface area contributed by atoms with E-state index in [4.69, 9.17) is 15.2 Å². The maximum atomic E-state index is 12.9. The molecule has 9 heteroatoms. The highest BCUT2D eigenvalue weighted by Crippen LogP contribution is 2.27. The third kappa shape index (κ3) is 5.70. The SMILES string of the molecule is CCN(C)c1ccc(N2CCO[C@@H](C[C@H](N)C(=O)N3CCC[C@@H](C(=O)OC)N3)C2)cc1C. The van der Waals surface area contributed by atoms with Gasteiger partial charge < -0.3 is 25.0 Å². The van der Waals surface area contributed by atoms with E-state index in [0.717, 1.165) is 25.2 Å². The number of carbonyl (C=O) groups is 2. The molecule has 2 heterocycles. The second-order valence-electron chi connectivity index (χ2n) is 8.60. The van der Waals surface area contributed by atoms with Crippen LogP contribution in [0.1, 0.15) is 31.7 Å². The Morgan fingerprint density at radius 3 is 2.84 bits per heavy atom. The Morgan fingerprint density at radius 1 is 1.38 bits per heavy atom. The Balaban J connectivity index is 1.58. The lowest BCUT2D eigenvalue weighted by Crippen LogP contribution is -2.59. The van der Waals surface area contributed by atoms with Gasteiger partial charge in [0.1, 0.15) is 6.04 Å². The van der Waals surface area contributed by atoms with Crippen LogP contribution in [0, 0.1) is 6.92 Å². The lowest BCUT2D eigenvalue weighted by atomic mass is 10.0. The predicted octanol–water partition coefficient (Wildman–Crippen LogP) is 1.04. The maximum absolute atomic E-state index is 12.9. The van der Waals surface area contributed by atoms with Gasteiger partial charge in [0.25, 0.3) is 5.91 Å². The van der Waals surface area contributed by atoms with Gasteiger partial charge in [-0.3, -0.25) is 14.6 Å². The summed E-state index contributed by atoms with van der Waals surface area (Å²) in [4.78, 5) is 29.2. The second kappa shape index (κ2) is 11.0. The number of nitrogens with two attached hydrogens (primary N) is 1. The van der Waals surface area contributed by atoms with Crippen LogP contribution in [0.25, 0.3) is 0 Å². The highest BCUT2D eigenvalue weighted by molar-refractivity contribution is 5.82. The van der Waals surface area contributed by atoms with Gasteiger partial charge in [0.15, 0.2) is 0 Å². The number of hydrogen-bond donors (Lipinski definition) is 2. The lowest BCUT2D eigenvalue weighted by molar-refractivity contribution is -0.150. The largest absolute Gasteiger partial charge is 0.468 e. The predicted molar refractivity (Wildman–Crippen MR) is 125 cm³/mol. The second-order valence-corrected chi connectivity index (χ2v) is 8.60. The quantitative estimate of drug-likeness (QED) is 0.598. The monoisotopic (exact) mass is 447 g/mol. The van der Waals surface area contributed by atoms with Crippen LogP contribution in [0.15, 0.2) is 18.2 Å². The number of morpholine rings is 1. The molecule has 0 spiro atoms. The van der Waals surface area contributed by atoms with Crippen LogP contribution in [0.2, 0.25) is 0 Å². The van der Waals surface area contributed by atoms with E-state index in [1.165, 1.54) is 23.4 Å². The molecular formula is C23H37N5O4. The highest BCUT2D eigenvalue weighted by Gasteiger charge is 2.33. The van der Waals surface area contributed by atoms with E-state index in [1.807, 2.05) is 0 Å². The summed E-state index contributed by atoms with van der Waals surface area (Å²) in [5.41, 5.74) is 12.8. The first-order valence-electron chi connectivity index (χ1n) is 11.4. The summed E-state index contributed by atoms with van der Waals surface area (Å²) in [5, 5.41) is 1.46. The first-order chi connectivity index (χ1) is 15.3. The number of benzene rings is 1. The molecule has 1 amide bonds. The number of methoxy groups -OCH3 is 1. The fourth-order valence-electron chi connectivity index (χ4n) is 4.37. The number of anilines is 2. The molecule has 1 aromatic rings. The molecule has 3 rings (SSSR count). The standard InChI is InChI=1S/C23H37N5O4/c1-5-26(3)21-9-8-17(13-16(21)2)27-11-12-32-18(15-27)14-19(24)22(29)28-10-6-7-20(25-28)23(30)31-4/h8-9,13,18-20,25H,5-7,10-12,14-15,24H2,1-4H3/t18-,19-,20-/m0/s1. The minimum absolute atomic E-state index is 0.137. The van der Waals surface area contributed by atoms with Crippen molar-refractivity contribution in [1.29, 1.82) is 0 Å². The van der Waals surface area contributed by atoms with Crippen molar-refractivity contribution in [2.45, 2.75) is 51.3 Å². The molecule has 3 N–H and O–H groups in total. The van der Waals surface area contributed by atoms with E-state index < -0.39 is 12.1 Å². The van der Waals surface area contributed by atoms with Crippen molar-refractivity contribution in [2.75, 3.05) is 56.7 Å². The van der Waals surface area contributed by atoms with Crippen molar-refractivity contribution in [2.24, 2.45) is 5.73 Å². The zero-order valence-corrected chi connectivity index (χ0v) is 19.7. The summed E-state index contributed by atoms with van der Waals surface area (Å²) in [7, 11) is 3.44. The first-order valence-corrected chi connectivity index (χ1v) is 11.4. The van der Waals surface area contributed by atoms with E-state index in [1.54, 1.807) is 0 Å². The number of nitrogens with zero attached hydrogens (tertiary/aromatic N) is 3. The van der Waals surface area contributed by atoms with E-state index >= 15 is 0 Å². The van der Waals surface area contributed by atoms with Crippen molar-refractivity contribution in [1.82, 2.24) is 10.4 Å². The van der Waals surface area contributed by atoms with Gasteiger partial charge in [0.05, 0.1) is 25.9 Å². The number of aryl methyl sites for hydroxylation is 1. The Kier molecular flexibility index (Phi) is 8.33. The van der Waals surface area contributed by atoms with Crippen LogP contribution >= 0.6 is 0 Å². The molecule has 0 saturated carbocycles. The number of esters is 1. The molecule has 0 radical (unpaired) electrons. The van der Waals surface area contributed by atoms with Crippen LogP contribution in [-0.4, -0.2) is 82.0 Å². The number of hydrogen-bond acceptors (Lipinski definition) is 8. The number of amides is 1. The van der Waals surface area contributed by atoms with E-state index in [0.29, 0.717) is 32.5 Å². The molecular weight excluding hydrogens is 410 g/mol. The Bertz CT molecular complexity index is 805. The molecule has 32 heavy (non-hydrogen) atoms. The number of carbonyl (C=O) groups excluding carboxylic acids is 2. The molecule has 2 aliphatic heterocycles. The van der Waals surface area contributed by atoms with Crippen molar-refractivity contribution < 1.29 is 19.1 Å². The minimum Gasteiger partial charge on any atom is -0.468 e. The normalized spacial score (nSPS) is 22.4. The van der Waals surface area contributed by atoms with Crippen molar-refractivity contribution >= 4 is 23.3 Å². The summed E-state index contributed by atoms with van der Waals surface area (Å²) >= 11 is 0. The van der Waals surface area contributed by atoms with Crippen molar-refractivity contribution in [3.8, 4) is 0 Å². The molecule has 0 bridgehead atoms.